The molecule has 0 fully saturated rings. The molecule has 12 amide bonds. The molecule has 102 heavy (non-hydrogen) atoms. The van der Waals surface area contributed by atoms with Gasteiger partial charge in [0.15, 0.2) is 0 Å². The highest BCUT2D eigenvalue weighted by Gasteiger charge is 2.38. The third kappa shape index (κ3) is 41.6. The van der Waals surface area contributed by atoms with Crippen LogP contribution in [0, 0.1) is 41.4 Å². The van der Waals surface area contributed by atoms with E-state index < -0.39 is 143 Å². The highest BCUT2D eigenvalue weighted by atomic mass is 16.2. The molecule has 0 aromatic heterocycles. The monoisotopic (exact) mass is 1450 g/mol. The lowest BCUT2D eigenvalue weighted by molar-refractivity contribution is -0.136. The Morgan fingerprint density at radius 2 is 0.363 bits per heavy atom. The summed E-state index contributed by atoms with van der Waals surface area (Å²) >= 11 is 0. The highest BCUT2D eigenvalue weighted by molar-refractivity contribution is 5.99. The van der Waals surface area contributed by atoms with Gasteiger partial charge >= 0.3 is 0 Å². The van der Waals surface area contributed by atoms with Crippen LogP contribution in [0.2, 0.25) is 0 Å². The highest BCUT2D eigenvalue weighted by Crippen LogP contribution is 2.18. The molecule has 590 valence electrons. The quantitative estimate of drug-likeness (QED) is 0.0379. The molecule has 0 aliphatic rings. The number of hydrogen-bond acceptors (Lipinski definition) is 18. The van der Waals surface area contributed by atoms with Gasteiger partial charge in [-0.2, -0.15) is 0 Å². The topological polar surface area (TPSA) is 519 Å². The van der Waals surface area contributed by atoms with Crippen molar-refractivity contribution in [1.82, 2.24) is 58.5 Å². The van der Waals surface area contributed by atoms with E-state index in [1.807, 2.05) is 96.9 Å². The van der Waals surface area contributed by atoms with Crippen LogP contribution >= 0.6 is 0 Å². The molecule has 12 atom stereocenters. The van der Waals surface area contributed by atoms with Gasteiger partial charge in [-0.25, -0.2) is 0 Å². The van der Waals surface area contributed by atoms with Crippen LogP contribution < -0.4 is 98.6 Å². The first kappa shape index (κ1) is 95.4. The summed E-state index contributed by atoms with van der Waals surface area (Å²) in [5.74, 6) is -9.01. The van der Waals surface area contributed by atoms with Crippen molar-refractivity contribution in [2.45, 2.75) is 311 Å². The van der Waals surface area contributed by atoms with Gasteiger partial charge < -0.3 is 98.6 Å². The minimum absolute atomic E-state index is 0.0327. The van der Waals surface area contributed by atoms with Crippen molar-refractivity contribution in [3.05, 3.63) is 0 Å². The Morgan fingerprint density at radius 1 is 0.216 bits per heavy atom. The number of carbonyl (C=O) groups excluding carboxylic acids is 12. The van der Waals surface area contributed by atoms with Crippen LogP contribution in [0.15, 0.2) is 0 Å². The number of nitrogens with two attached hydrogens (primary N) is 7. The van der Waals surface area contributed by atoms with E-state index in [4.69, 9.17) is 40.1 Å². The summed E-state index contributed by atoms with van der Waals surface area (Å²) in [5, 5.41) is 30.9. The largest absolute Gasteiger partial charge is 0.368 e. The molecular formula is C72H140N18O12. The van der Waals surface area contributed by atoms with Gasteiger partial charge in [-0.1, -0.05) is 103 Å². The molecule has 0 aliphatic heterocycles. The van der Waals surface area contributed by atoms with Crippen LogP contribution in [0.3, 0.4) is 0 Å². The predicted molar refractivity (Wildman–Crippen MR) is 399 cm³/mol. The summed E-state index contributed by atoms with van der Waals surface area (Å²) in [5.41, 5.74) is 40.8. The van der Waals surface area contributed by atoms with E-state index in [0.29, 0.717) is 83.7 Å². The smallest absolute Gasteiger partial charge is 0.243 e. The summed E-state index contributed by atoms with van der Waals surface area (Å²) < 4.78 is 0. The molecule has 0 bridgehead atoms. The number of unbranched alkanes of at least 4 members (excludes halogenated alkanes) is 5. The molecular weight excluding hydrogens is 1310 g/mol. The van der Waals surface area contributed by atoms with Gasteiger partial charge in [0.05, 0.1) is 6.04 Å². The first-order valence-corrected chi connectivity index (χ1v) is 37.8. The Labute approximate surface area is 609 Å². The number of hydrogen-bond donors (Lipinski definition) is 18. The van der Waals surface area contributed by atoms with E-state index in [0.717, 1.165) is 0 Å². The number of rotatable bonds is 57. The van der Waals surface area contributed by atoms with Crippen molar-refractivity contribution < 1.29 is 57.5 Å². The van der Waals surface area contributed by atoms with Gasteiger partial charge in [-0.15, -0.1) is 0 Å². The zero-order valence-electron chi connectivity index (χ0n) is 64.5. The van der Waals surface area contributed by atoms with Gasteiger partial charge in [-0.3, -0.25) is 57.5 Å². The van der Waals surface area contributed by atoms with Crippen LogP contribution in [-0.2, 0) is 57.5 Å². The van der Waals surface area contributed by atoms with Crippen LogP contribution in [-0.4, -0.2) is 176 Å². The predicted octanol–water partition coefficient (Wildman–Crippen LogP) is 1.10. The minimum Gasteiger partial charge on any atom is -0.368 e. The maximum absolute atomic E-state index is 14.7. The Bertz CT molecular complexity index is 2520. The zero-order chi connectivity index (χ0) is 77.8. The van der Waals surface area contributed by atoms with Crippen molar-refractivity contribution in [2.75, 3.05) is 32.7 Å². The van der Waals surface area contributed by atoms with E-state index in [9.17, 15) is 57.5 Å². The lowest BCUT2D eigenvalue weighted by Crippen LogP contribution is -2.61. The van der Waals surface area contributed by atoms with Crippen LogP contribution in [0.5, 0.6) is 0 Å². The summed E-state index contributed by atoms with van der Waals surface area (Å²) in [6, 6.07) is -13.8. The third-order valence-corrected chi connectivity index (χ3v) is 17.0. The number of amides is 12. The second-order valence-electron chi connectivity index (χ2n) is 30.5. The summed E-state index contributed by atoms with van der Waals surface area (Å²) in [4.78, 5) is 170. The Hall–Kier alpha value is -6.60. The summed E-state index contributed by atoms with van der Waals surface area (Å²) in [7, 11) is 0. The van der Waals surface area contributed by atoms with Crippen molar-refractivity contribution in [3.63, 3.8) is 0 Å². The number of nitrogens with one attached hydrogen (secondary N) is 11. The maximum Gasteiger partial charge on any atom is 0.243 e. The maximum atomic E-state index is 14.7. The van der Waals surface area contributed by atoms with Crippen molar-refractivity contribution in [2.24, 2.45) is 81.6 Å². The van der Waals surface area contributed by atoms with Crippen LogP contribution in [0.4, 0.5) is 0 Å². The van der Waals surface area contributed by atoms with Gasteiger partial charge in [0.25, 0.3) is 0 Å². The van der Waals surface area contributed by atoms with E-state index in [1.165, 1.54) is 0 Å². The molecule has 0 aromatic rings. The molecule has 30 heteroatoms. The Balaban J connectivity index is 7.16. The van der Waals surface area contributed by atoms with E-state index >= 15 is 0 Å². The van der Waals surface area contributed by atoms with Gasteiger partial charge in [-0.05, 0) is 209 Å². The summed E-state index contributed by atoms with van der Waals surface area (Å²) in [6.45, 7) is 27.7. The third-order valence-electron chi connectivity index (χ3n) is 17.0. The molecule has 0 saturated carbocycles. The first-order valence-electron chi connectivity index (χ1n) is 37.8. The van der Waals surface area contributed by atoms with Crippen LogP contribution in [0.25, 0.3) is 0 Å². The lowest BCUT2D eigenvalue weighted by Gasteiger charge is -2.30. The fraction of sp³-hybridized carbons (Fsp3) is 0.833. The Morgan fingerprint density at radius 3 is 0.539 bits per heavy atom. The molecule has 0 aliphatic carbocycles. The van der Waals surface area contributed by atoms with E-state index in [1.54, 1.807) is 0 Å². The number of primary amides is 1. The molecule has 0 heterocycles. The zero-order valence-corrected chi connectivity index (χ0v) is 64.5. The molecule has 0 saturated heterocycles. The first-order chi connectivity index (χ1) is 47.9. The Kier molecular flexibility index (Phi) is 49.8. The number of carbonyl (C=O) groups is 12. The average molecular weight is 1450 g/mol. The molecule has 25 N–H and O–H groups in total. The van der Waals surface area contributed by atoms with E-state index in [-0.39, 0.29) is 132 Å². The lowest BCUT2D eigenvalue weighted by atomic mass is 9.98. The second-order valence-corrected chi connectivity index (χ2v) is 30.5. The normalized spacial score (nSPS) is 15.2. The molecule has 0 spiro atoms. The molecule has 0 aromatic carbocycles. The molecule has 0 radical (unpaired) electrons. The van der Waals surface area contributed by atoms with E-state index in [2.05, 4.69) is 58.5 Å². The van der Waals surface area contributed by atoms with Crippen molar-refractivity contribution >= 4 is 70.9 Å². The SMILES string of the molecule is CC(C)C[C@H](NC(=O)[C@H](CC(C)C)NC(=O)[C@H](CCCCN)NC(=O)[C@H](CC(C)C)NC(=O)[C@H](CCCCN)NC(=O)[C@H](CC(C)C)NC(=O)[C@H](CCCCN)NC(=O)[C@H](CC(C)C)NC(=O)[C@H](CC(C)C)NC(=O)[C@H](CC(C)C)NC(=O)[C@@H](N)CCCCN)C(=O)N[C@@H](CCCCN)C(N)=O. The molecule has 0 rings (SSSR count). The summed E-state index contributed by atoms with van der Waals surface area (Å²) in [6.07, 6.45) is 6.94. The molecule has 30 nitrogen and oxygen atoms in total. The van der Waals surface area contributed by atoms with Gasteiger partial charge in [0, 0.05) is 0 Å². The van der Waals surface area contributed by atoms with Gasteiger partial charge in [0.2, 0.25) is 70.9 Å². The fourth-order valence-electron chi connectivity index (χ4n) is 11.6. The minimum atomic E-state index is -1.27. The standard InChI is InChI=1S/C72H140N18O12/c1-42(2)35-54(84-62(92)49(78)25-15-20-30-73)70(100)90-60(41-48(13)14)72(102)89-58(39-46(9)10)69(99)83-52(28-18-23-33-76)64(94)86-56(37-44(5)6)67(97)81-51(27-17-22-32-75)63(93)85-57(38-45(7)8)68(98)82-53(29-19-24-34-77)65(95)87-59(40-47(11)12)71(101)88-55(36-43(3)4)66(96)80-50(61(79)91)26-16-21-31-74/h42-60H,15-41,73-78H2,1-14H3,(H2,79,91)(H,80,96)(H,81,97)(H,82,98)(H,83,99)(H,84,92)(H,85,93)(H,86,94)(H,87,95)(H,88,101)(H,89,102)(H,90,100)/t49-,50-,51-,52-,53-,54-,55-,56-,57-,58-,59-,60-/m0/s1. The molecule has 0 unspecified atom stereocenters. The van der Waals surface area contributed by atoms with Crippen molar-refractivity contribution in [3.8, 4) is 0 Å². The van der Waals surface area contributed by atoms with Crippen molar-refractivity contribution in [1.29, 1.82) is 0 Å². The fourth-order valence-corrected chi connectivity index (χ4v) is 11.6. The van der Waals surface area contributed by atoms with Gasteiger partial charge in [0.1, 0.15) is 66.5 Å². The van der Waals surface area contributed by atoms with Crippen LogP contribution in [0.1, 0.15) is 238 Å². The average Bonchev–Trinajstić information content (AvgIpc) is 0.860. The second kappa shape index (κ2) is 53.2.